The van der Waals surface area contributed by atoms with Gasteiger partial charge in [-0.05, 0) is 63.7 Å². The molecule has 0 aromatic carbocycles. The van der Waals surface area contributed by atoms with Crippen LogP contribution in [0.5, 0.6) is 0 Å². The Morgan fingerprint density at radius 2 is 1.15 bits per heavy atom. The molecule has 2 amide bonds. The highest BCUT2D eigenvalue weighted by Gasteiger charge is 2.30. The normalized spacial score (nSPS) is 17.3. The third kappa shape index (κ3) is 51.5. The number of halogens is 1. The number of carbonyl (C=O) groups is 8. The Hall–Kier alpha value is -3.50. The van der Waals surface area contributed by atoms with Crippen molar-refractivity contribution >= 4 is 80.7 Å². The number of amides is 2. The summed E-state index contributed by atoms with van der Waals surface area (Å²) < 4.78 is 66.1. The third-order valence-corrected chi connectivity index (χ3v) is 15.9. The van der Waals surface area contributed by atoms with Gasteiger partial charge in [0.15, 0.2) is 17.5 Å². The molecule has 1 saturated heterocycles. The fourth-order valence-corrected chi connectivity index (χ4v) is 9.95. The molecule has 1 fully saturated rings. The predicted octanol–water partition coefficient (Wildman–Crippen LogP) is 2.24. The number of aliphatic imine (C=N–C) groups is 1. The molecule has 0 spiro atoms. The van der Waals surface area contributed by atoms with Gasteiger partial charge in [-0.25, -0.2) is 0 Å². The zero-order valence-corrected chi connectivity index (χ0v) is 57.2. The van der Waals surface area contributed by atoms with Gasteiger partial charge in [0.1, 0.15) is 23.6 Å². The van der Waals surface area contributed by atoms with Crippen LogP contribution < -0.4 is 27.4 Å². The summed E-state index contributed by atoms with van der Waals surface area (Å²) in [6.07, 6.45) is 5.96. The van der Waals surface area contributed by atoms with E-state index in [2.05, 4.69) is 36.9 Å². The second-order valence-electron chi connectivity index (χ2n) is 21.7. The number of nitrogens with zero attached hydrogens (tertiary/aromatic N) is 2. The van der Waals surface area contributed by atoms with Gasteiger partial charge in [0, 0.05) is 57.7 Å². The SMILES string of the molecule is CC[C@H](C)[C@@H]1NC(=O)CCC(=O)CSCC[C@@H](C(=O)CN(C)[C@H](C=O)CCCN=C(N)N)NCC(=O)[C@H](CCCCNC(=O)CCOCCOCCOCCOCCOCCOCCOCCOCCOCCOCCOCCOCCCC(=O)CBr)CCC1=O. The first-order valence-electron chi connectivity index (χ1n) is 32.4. The van der Waals surface area contributed by atoms with Crippen molar-refractivity contribution < 1.29 is 95.2 Å². The number of carbonyl (C=O) groups excluding carboxylic acids is 8. The monoisotopic (exact) mass is 1390 g/mol. The molecule has 0 saturated carbocycles. The Kier molecular flexibility index (Phi) is 57.7. The Morgan fingerprint density at radius 3 is 1.63 bits per heavy atom. The minimum atomic E-state index is -0.761. The van der Waals surface area contributed by atoms with E-state index < -0.39 is 24.0 Å². The zero-order valence-electron chi connectivity index (χ0n) is 54.8. The second kappa shape index (κ2) is 61.4. The van der Waals surface area contributed by atoms with Crippen LogP contribution in [-0.4, -0.2) is 285 Å². The van der Waals surface area contributed by atoms with E-state index in [4.69, 9.17) is 68.3 Å². The maximum atomic E-state index is 14.0. The summed E-state index contributed by atoms with van der Waals surface area (Å²) in [4.78, 5) is 109. The predicted molar refractivity (Wildman–Crippen MR) is 349 cm³/mol. The number of nitrogens with two attached hydrogens (primary N) is 2. The Bertz CT molecular complexity index is 1940. The topological polar surface area (TPSA) is 351 Å². The zero-order chi connectivity index (χ0) is 66.6. The lowest BCUT2D eigenvalue weighted by atomic mass is 9.87. The lowest BCUT2D eigenvalue weighted by molar-refractivity contribution is -0.130. The van der Waals surface area contributed by atoms with E-state index in [9.17, 15) is 38.4 Å². The summed E-state index contributed by atoms with van der Waals surface area (Å²) in [6, 6.07) is -2.08. The number of aldehydes is 1. The van der Waals surface area contributed by atoms with Crippen LogP contribution in [0, 0.1) is 11.8 Å². The maximum Gasteiger partial charge on any atom is 0.222 e. The Labute approximate surface area is 553 Å². The van der Waals surface area contributed by atoms with E-state index in [1.54, 1.807) is 11.9 Å². The van der Waals surface area contributed by atoms with Crippen molar-refractivity contribution in [2.75, 3.05) is 209 Å². The molecule has 1 aliphatic rings. The average Bonchev–Trinajstić information content (AvgIpc) is 3.70. The van der Waals surface area contributed by atoms with Crippen LogP contribution in [-0.2, 0) is 95.2 Å². The highest BCUT2D eigenvalue weighted by molar-refractivity contribution is 9.09. The molecule has 1 heterocycles. The molecule has 0 unspecified atom stereocenters. The quantitative estimate of drug-likeness (QED) is 0.0192. The van der Waals surface area contributed by atoms with Crippen LogP contribution in [0.15, 0.2) is 4.99 Å². The largest absolute Gasteiger partial charge is 0.379 e. The number of unbranched alkanes of at least 4 members (excludes halogenated alkanes) is 1. The highest BCUT2D eigenvalue weighted by atomic mass is 79.9. The van der Waals surface area contributed by atoms with E-state index in [0.29, 0.717) is 227 Å². The number of nitrogens with one attached hydrogen (secondary N) is 3. The van der Waals surface area contributed by atoms with Gasteiger partial charge in [0.25, 0.3) is 0 Å². The highest BCUT2D eigenvalue weighted by Crippen LogP contribution is 2.21. The molecule has 0 bridgehead atoms. The molecular formula is C62H112BrN7O20S. The van der Waals surface area contributed by atoms with Crippen LogP contribution >= 0.6 is 27.7 Å². The summed E-state index contributed by atoms with van der Waals surface area (Å²) in [5.74, 6) is -1.24. The van der Waals surface area contributed by atoms with Gasteiger partial charge in [0.2, 0.25) is 11.8 Å². The molecule has 0 aliphatic carbocycles. The van der Waals surface area contributed by atoms with Gasteiger partial charge in [-0.1, -0.05) is 42.6 Å². The number of hydrogen-bond donors (Lipinski definition) is 5. The number of ketones is 5. The summed E-state index contributed by atoms with van der Waals surface area (Å²) in [5, 5.41) is 9.33. The summed E-state index contributed by atoms with van der Waals surface area (Å²) in [5.41, 5.74) is 10.8. The summed E-state index contributed by atoms with van der Waals surface area (Å²) in [6.45, 7) is 14.8. The van der Waals surface area contributed by atoms with E-state index in [0.717, 1.165) is 12.7 Å². The van der Waals surface area contributed by atoms with Crippen LogP contribution in [0.3, 0.4) is 0 Å². The fourth-order valence-electron chi connectivity index (χ4n) is 8.75. The van der Waals surface area contributed by atoms with Crippen molar-refractivity contribution in [3.8, 4) is 0 Å². The third-order valence-electron chi connectivity index (χ3n) is 14.3. The van der Waals surface area contributed by atoms with Gasteiger partial charge in [-0.3, -0.25) is 43.5 Å². The first-order chi connectivity index (χ1) is 44.2. The van der Waals surface area contributed by atoms with Crippen molar-refractivity contribution in [1.82, 2.24) is 20.9 Å². The summed E-state index contributed by atoms with van der Waals surface area (Å²) >= 11 is 4.49. The molecule has 0 radical (unpaired) electrons. The van der Waals surface area contributed by atoms with Crippen LogP contribution in [0.1, 0.15) is 104 Å². The van der Waals surface area contributed by atoms with Gasteiger partial charge >= 0.3 is 0 Å². The molecule has 91 heavy (non-hydrogen) atoms. The number of hydrogen-bond acceptors (Lipinski definition) is 24. The van der Waals surface area contributed by atoms with Crippen LogP contribution in [0.4, 0.5) is 0 Å². The van der Waals surface area contributed by atoms with Gasteiger partial charge in [-0.2, -0.15) is 11.8 Å². The van der Waals surface area contributed by atoms with Crippen molar-refractivity contribution in [2.45, 2.75) is 122 Å². The molecule has 528 valence electrons. The number of alkyl halides is 1. The van der Waals surface area contributed by atoms with Crippen LogP contribution in [0.2, 0.25) is 0 Å². The van der Waals surface area contributed by atoms with Crippen molar-refractivity contribution in [2.24, 2.45) is 28.3 Å². The number of ether oxygens (including phenoxy) is 12. The molecule has 7 N–H and O–H groups in total. The number of likely N-dealkylation sites (N-methyl/N-ethyl adjacent to an activating group) is 1. The average molecular weight is 1390 g/mol. The van der Waals surface area contributed by atoms with Gasteiger partial charge in [0.05, 0.1) is 194 Å². The molecule has 27 nitrogen and oxygen atoms in total. The van der Waals surface area contributed by atoms with Gasteiger partial charge < -0.3 is 89.1 Å². The molecule has 0 aromatic heterocycles. The van der Waals surface area contributed by atoms with E-state index in [1.807, 2.05) is 13.8 Å². The molecule has 0 aromatic rings. The second-order valence-corrected chi connectivity index (χ2v) is 23.3. The van der Waals surface area contributed by atoms with Gasteiger partial charge in [-0.15, -0.1) is 0 Å². The molecule has 5 atom stereocenters. The van der Waals surface area contributed by atoms with Crippen molar-refractivity contribution in [3.05, 3.63) is 0 Å². The number of thioether (sulfide) groups is 1. The van der Waals surface area contributed by atoms with E-state index >= 15 is 0 Å². The minimum absolute atomic E-state index is 0.0247. The number of rotatable bonds is 57. The molecule has 1 rings (SSSR count). The molecule has 29 heteroatoms. The lowest BCUT2D eigenvalue weighted by Crippen LogP contribution is -2.47. The Balaban J connectivity index is 2.21. The van der Waals surface area contributed by atoms with E-state index in [-0.39, 0.29) is 110 Å². The first kappa shape index (κ1) is 85.5. The smallest absolute Gasteiger partial charge is 0.222 e. The maximum absolute atomic E-state index is 14.0. The molecular weight excluding hydrogens is 1270 g/mol. The minimum Gasteiger partial charge on any atom is -0.379 e. The number of Topliss-reactive ketones (excluding diaryl/α,β-unsaturated/α-hetero) is 5. The molecule has 1 aliphatic heterocycles. The van der Waals surface area contributed by atoms with Crippen LogP contribution in [0.25, 0.3) is 0 Å². The van der Waals surface area contributed by atoms with Crippen molar-refractivity contribution in [3.63, 3.8) is 0 Å². The number of guanidine groups is 1. The van der Waals surface area contributed by atoms with E-state index in [1.165, 1.54) is 11.8 Å². The first-order valence-corrected chi connectivity index (χ1v) is 34.7. The Morgan fingerprint density at radius 1 is 0.659 bits per heavy atom. The fraction of sp³-hybridized carbons (Fsp3) is 0.855. The summed E-state index contributed by atoms with van der Waals surface area (Å²) in [7, 11) is 1.68. The standard InChI is InChI=1S/C62H112BrN7O20S/c1-4-50(2)61-56(74)14-12-51(57(75)46-68-55(17-44-91-49-54(73)13-15-60(78)69-61)58(76)47-70(3)52(48-71)10-7-19-67-62(64)65)9-5-6-18-66-59(77)16-21-80-23-25-82-27-29-84-31-33-86-35-37-88-39-41-90-43-42-89-40-38-87-36-34-85-32-30-83-28-26-81-24-22-79-20-8-11-53(72)45-63/h48,50-52,55,61,68H,4-47,49H2,1-3H3,(H,66,77)(H,69,78)(H4,64,65,67)/t50-,51+,52-,55-,61-/m0/s1. The van der Waals surface area contributed by atoms with Crippen molar-refractivity contribution in [1.29, 1.82) is 0 Å². The lowest BCUT2D eigenvalue weighted by Gasteiger charge is -2.26.